The number of terminal acetylenes is 1. The van der Waals surface area contributed by atoms with Crippen LogP contribution in [-0.2, 0) is 5.60 Å². The second-order valence-corrected chi connectivity index (χ2v) is 5.13. The van der Waals surface area contributed by atoms with Crippen LogP contribution in [0.1, 0.15) is 17.5 Å². The molecule has 2 aromatic carbocycles. The van der Waals surface area contributed by atoms with E-state index in [0.717, 1.165) is 0 Å². The maximum Gasteiger partial charge on any atom is 0.125 e. The second kappa shape index (κ2) is 5.67. The van der Waals surface area contributed by atoms with Gasteiger partial charge in [-0.15, -0.1) is 12.3 Å². The first kappa shape index (κ1) is 14.0. The molecule has 1 nitrogen and oxygen atoms in total. The van der Waals surface area contributed by atoms with Crippen LogP contribution in [0.5, 0.6) is 0 Å². The Hall–Kier alpha value is -1.46. The van der Waals surface area contributed by atoms with E-state index in [9.17, 15) is 5.11 Å². The van der Waals surface area contributed by atoms with Gasteiger partial charge in [-0.25, -0.2) is 0 Å². The molecule has 0 radical (unpaired) electrons. The summed E-state index contributed by atoms with van der Waals surface area (Å²) in [5.74, 6) is 2.52. The number of benzene rings is 2. The van der Waals surface area contributed by atoms with Gasteiger partial charge in [-0.1, -0.05) is 47.5 Å². The molecule has 0 aliphatic heterocycles. The molecule has 19 heavy (non-hydrogen) atoms. The van der Waals surface area contributed by atoms with Gasteiger partial charge in [0.15, 0.2) is 0 Å². The van der Waals surface area contributed by atoms with E-state index in [1.165, 1.54) is 0 Å². The summed E-state index contributed by atoms with van der Waals surface area (Å²) in [6.07, 6.45) is 5.56. The fourth-order valence-electron chi connectivity index (χ4n) is 1.97. The summed E-state index contributed by atoms with van der Waals surface area (Å²) in [7, 11) is 0. The zero-order valence-corrected chi connectivity index (χ0v) is 11.6. The summed E-state index contributed by atoms with van der Waals surface area (Å²) in [4.78, 5) is 0. The molecule has 0 unspecified atom stereocenters. The highest BCUT2D eigenvalue weighted by Gasteiger charge is 2.30. The quantitative estimate of drug-likeness (QED) is 0.838. The number of rotatable bonds is 3. The van der Waals surface area contributed by atoms with Crippen LogP contribution in [0, 0.1) is 12.3 Å². The van der Waals surface area contributed by atoms with E-state index in [4.69, 9.17) is 29.6 Å². The minimum Gasteiger partial charge on any atom is -0.379 e. The Balaban J connectivity index is 2.51. The minimum absolute atomic E-state index is 0.177. The SMILES string of the molecule is C#CCC(O)(c1ccc(Cl)cc1)c1ccc(Cl)cc1. The molecule has 0 fully saturated rings. The molecule has 0 aliphatic rings. The zero-order chi connectivity index (χ0) is 13.9. The average Bonchev–Trinajstić information content (AvgIpc) is 2.40. The molecule has 1 N–H and O–H groups in total. The fraction of sp³-hybridized carbons (Fsp3) is 0.125. The van der Waals surface area contributed by atoms with Crippen molar-refractivity contribution in [1.29, 1.82) is 0 Å². The third-order valence-electron chi connectivity index (χ3n) is 3.00. The average molecular weight is 291 g/mol. The first-order valence-electron chi connectivity index (χ1n) is 5.74. The second-order valence-electron chi connectivity index (χ2n) is 4.25. The van der Waals surface area contributed by atoms with Crippen molar-refractivity contribution in [3.05, 3.63) is 69.7 Å². The Bertz CT molecular complexity index is 549. The van der Waals surface area contributed by atoms with Crippen molar-refractivity contribution >= 4 is 23.2 Å². The Morgan fingerprint density at radius 1 is 0.895 bits per heavy atom. The largest absolute Gasteiger partial charge is 0.379 e. The monoisotopic (exact) mass is 290 g/mol. The van der Waals surface area contributed by atoms with Crippen LogP contribution in [0.4, 0.5) is 0 Å². The molecule has 2 aromatic rings. The topological polar surface area (TPSA) is 20.2 Å². The Labute approximate surface area is 122 Å². The van der Waals surface area contributed by atoms with E-state index >= 15 is 0 Å². The molecule has 3 heteroatoms. The zero-order valence-electron chi connectivity index (χ0n) is 10.1. The lowest BCUT2D eigenvalue weighted by Gasteiger charge is -2.27. The molecule has 0 bridgehead atoms. The predicted molar refractivity (Wildman–Crippen MR) is 79.4 cm³/mol. The van der Waals surface area contributed by atoms with Crippen LogP contribution >= 0.6 is 23.2 Å². The number of hydrogen-bond donors (Lipinski definition) is 1. The van der Waals surface area contributed by atoms with Crippen molar-refractivity contribution in [2.75, 3.05) is 0 Å². The molecular weight excluding hydrogens is 279 g/mol. The number of halogens is 2. The molecule has 0 amide bonds. The summed E-state index contributed by atoms with van der Waals surface area (Å²) in [6.45, 7) is 0. The van der Waals surface area contributed by atoms with E-state index in [0.29, 0.717) is 21.2 Å². The molecule has 0 aliphatic carbocycles. The standard InChI is InChI=1S/C16H12Cl2O/c1-2-11-16(19,12-3-7-14(17)8-4-12)13-5-9-15(18)10-6-13/h1,3-10,19H,11H2. The van der Waals surface area contributed by atoms with Gasteiger partial charge in [-0.3, -0.25) is 0 Å². The van der Waals surface area contributed by atoms with Gasteiger partial charge in [-0.2, -0.15) is 0 Å². The Morgan fingerprint density at radius 3 is 1.58 bits per heavy atom. The van der Waals surface area contributed by atoms with E-state index in [1.54, 1.807) is 48.5 Å². The Morgan fingerprint density at radius 2 is 1.26 bits per heavy atom. The smallest absolute Gasteiger partial charge is 0.125 e. The molecular formula is C16H12Cl2O. The highest BCUT2D eigenvalue weighted by molar-refractivity contribution is 6.30. The highest BCUT2D eigenvalue weighted by atomic mass is 35.5. The Kier molecular flexibility index (Phi) is 4.17. The van der Waals surface area contributed by atoms with Gasteiger partial charge >= 0.3 is 0 Å². The summed E-state index contributed by atoms with van der Waals surface area (Å²) >= 11 is 11.7. The van der Waals surface area contributed by atoms with Crippen molar-refractivity contribution < 1.29 is 5.11 Å². The highest BCUT2D eigenvalue weighted by Crippen LogP contribution is 2.33. The maximum atomic E-state index is 10.9. The van der Waals surface area contributed by atoms with E-state index in [-0.39, 0.29) is 6.42 Å². The molecule has 0 saturated heterocycles. The van der Waals surface area contributed by atoms with Gasteiger partial charge in [0.05, 0.1) is 0 Å². The van der Waals surface area contributed by atoms with Crippen molar-refractivity contribution in [2.45, 2.75) is 12.0 Å². The van der Waals surface area contributed by atoms with Crippen molar-refractivity contribution in [2.24, 2.45) is 0 Å². The summed E-state index contributed by atoms with van der Waals surface area (Å²) in [6, 6.07) is 14.0. The summed E-state index contributed by atoms with van der Waals surface area (Å²) < 4.78 is 0. The summed E-state index contributed by atoms with van der Waals surface area (Å²) in [5.41, 5.74) is 0.179. The first-order chi connectivity index (χ1) is 9.06. The molecule has 0 spiro atoms. The predicted octanol–water partition coefficient (Wildman–Crippen LogP) is 4.25. The first-order valence-corrected chi connectivity index (χ1v) is 6.50. The maximum absolute atomic E-state index is 10.9. The van der Waals surface area contributed by atoms with Crippen LogP contribution in [0.2, 0.25) is 10.0 Å². The van der Waals surface area contributed by atoms with Gasteiger partial charge in [0.25, 0.3) is 0 Å². The number of hydrogen-bond acceptors (Lipinski definition) is 1. The molecule has 0 atom stereocenters. The third kappa shape index (κ3) is 2.93. The van der Waals surface area contributed by atoms with Crippen molar-refractivity contribution in [3.63, 3.8) is 0 Å². The molecule has 0 aromatic heterocycles. The van der Waals surface area contributed by atoms with Crippen LogP contribution in [0.3, 0.4) is 0 Å². The lowest BCUT2D eigenvalue weighted by atomic mass is 9.84. The van der Waals surface area contributed by atoms with Crippen molar-refractivity contribution in [3.8, 4) is 12.3 Å². The molecule has 0 saturated carbocycles. The lowest BCUT2D eigenvalue weighted by Crippen LogP contribution is -2.26. The van der Waals surface area contributed by atoms with E-state index < -0.39 is 5.60 Å². The fourth-order valence-corrected chi connectivity index (χ4v) is 2.22. The van der Waals surface area contributed by atoms with Gasteiger partial charge in [0, 0.05) is 16.5 Å². The van der Waals surface area contributed by atoms with E-state index in [1.807, 2.05) is 0 Å². The van der Waals surface area contributed by atoms with Crippen LogP contribution < -0.4 is 0 Å². The lowest BCUT2D eigenvalue weighted by molar-refractivity contribution is 0.0865. The van der Waals surface area contributed by atoms with E-state index in [2.05, 4.69) is 5.92 Å². The summed E-state index contributed by atoms with van der Waals surface area (Å²) in [5, 5.41) is 12.1. The van der Waals surface area contributed by atoms with Gasteiger partial charge in [0.1, 0.15) is 5.60 Å². The minimum atomic E-state index is -1.23. The van der Waals surface area contributed by atoms with Crippen LogP contribution in [-0.4, -0.2) is 5.11 Å². The molecule has 2 rings (SSSR count). The normalized spacial score (nSPS) is 11.1. The number of aliphatic hydroxyl groups is 1. The van der Waals surface area contributed by atoms with Crippen LogP contribution in [0.15, 0.2) is 48.5 Å². The molecule has 96 valence electrons. The molecule has 0 heterocycles. The van der Waals surface area contributed by atoms with Gasteiger partial charge in [0.2, 0.25) is 0 Å². The van der Waals surface area contributed by atoms with Gasteiger partial charge in [-0.05, 0) is 35.4 Å². The van der Waals surface area contributed by atoms with Crippen molar-refractivity contribution in [1.82, 2.24) is 0 Å². The third-order valence-corrected chi connectivity index (χ3v) is 3.51. The van der Waals surface area contributed by atoms with Gasteiger partial charge < -0.3 is 5.11 Å². The van der Waals surface area contributed by atoms with Crippen LogP contribution in [0.25, 0.3) is 0 Å².